The van der Waals surface area contributed by atoms with Crippen LogP contribution in [0.5, 0.6) is 0 Å². The topological polar surface area (TPSA) is 61.8 Å². The van der Waals surface area contributed by atoms with Gasteiger partial charge in [0.1, 0.15) is 0 Å². The average molecular weight is 294 g/mol. The van der Waals surface area contributed by atoms with Crippen molar-refractivity contribution in [3.05, 3.63) is 0 Å². The van der Waals surface area contributed by atoms with Crippen molar-refractivity contribution in [1.82, 2.24) is 0 Å². The fraction of sp³-hybridized carbons (Fsp3) is 0.923. The molecule has 0 fully saturated rings. The second-order valence-corrected chi connectivity index (χ2v) is 6.46. The molecular formula is C13H27O5P. The molecule has 114 valence electrons. The molecule has 0 radical (unpaired) electrons. The van der Waals surface area contributed by atoms with Crippen LogP contribution < -0.4 is 0 Å². The predicted molar refractivity (Wildman–Crippen MR) is 75.2 cm³/mol. The fourth-order valence-electron chi connectivity index (χ4n) is 1.78. The monoisotopic (exact) mass is 294 g/mol. The van der Waals surface area contributed by atoms with Crippen LogP contribution in [-0.2, 0) is 23.1 Å². The minimum absolute atomic E-state index is 0.268. The first-order chi connectivity index (χ1) is 9.00. The second-order valence-electron chi connectivity index (χ2n) is 4.29. The molecule has 1 atom stereocenters. The van der Waals surface area contributed by atoms with Crippen LogP contribution in [0.3, 0.4) is 0 Å². The summed E-state index contributed by atoms with van der Waals surface area (Å²) in [5.41, 5.74) is 0. The van der Waals surface area contributed by atoms with Gasteiger partial charge in [-0.15, -0.1) is 0 Å². The molecule has 0 heterocycles. The number of esters is 1. The molecule has 19 heavy (non-hydrogen) atoms. The molecule has 0 aromatic heterocycles. The van der Waals surface area contributed by atoms with E-state index in [2.05, 4.69) is 6.92 Å². The lowest BCUT2D eigenvalue weighted by Crippen LogP contribution is -2.20. The van der Waals surface area contributed by atoms with Gasteiger partial charge in [-0.2, -0.15) is 0 Å². The lowest BCUT2D eigenvalue weighted by molar-refractivity contribution is -0.144. The van der Waals surface area contributed by atoms with Crippen LogP contribution in [0, 0.1) is 0 Å². The van der Waals surface area contributed by atoms with Crippen molar-refractivity contribution in [3.8, 4) is 0 Å². The van der Waals surface area contributed by atoms with Crippen molar-refractivity contribution in [2.24, 2.45) is 0 Å². The summed E-state index contributed by atoms with van der Waals surface area (Å²) in [4.78, 5) is 11.1. The first kappa shape index (κ1) is 18.6. The minimum atomic E-state index is -3.38. The van der Waals surface area contributed by atoms with Gasteiger partial charge in [-0.1, -0.05) is 26.2 Å². The highest BCUT2D eigenvalue weighted by atomic mass is 31.2. The lowest BCUT2D eigenvalue weighted by atomic mass is 10.2. The molecule has 0 aliphatic heterocycles. The van der Waals surface area contributed by atoms with Gasteiger partial charge in [0.2, 0.25) is 5.85 Å². The number of ether oxygens (including phenoxy) is 1. The maximum atomic E-state index is 12.6. The number of unbranched alkanes of at least 4 members (excludes halogenated alkanes) is 3. The zero-order valence-corrected chi connectivity index (χ0v) is 13.4. The molecule has 0 bridgehead atoms. The number of carbonyl (C=O) groups is 1. The standard InChI is InChI=1S/C13H27O5P/c1-5-8-9-10-11-13(18-12(4)14)19(15,16-6-2)17-7-3/h13H,5-11H2,1-4H3. The van der Waals surface area contributed by atoms with Crippen LogP contribution in [0.15, 0.2) is 0 Å². The molecule has 0 saturated heterocycles. The van der Waals surface area contributed by atoms with Crippen molar-refractivity contribution in [3.63, 3.8) is 0 Å². The maximum absolute atomic E-state index is 12.6. The van der Waals surface area contributed by atoms with E-state index >= 15 is 0 Å². The van der Waals surface area contributed by atoms with E-state index in [0.29, 0.717) is 6.42 Å². The Morgan fingerprint density at radius 2 is 1.63 bits per heavy atom. The normalized spacial score (nSPS) is 13.3. The van der Waals surface area contributed by atoms with Gasteiger partial charge in [0.15, 0.2) is 0 Å². The highest BCUT2D eigenvalue weighted by Gasteiger charge is 2.37. The average Bonchev–Trinajstić information content (AvgIpc) is 2.33. The summed E-state index contributed by atoms with van der Waals surface area (Å²) in [5.74, 6) is -1.25. The Bertz CT molecular complexity index is 283. The predicted octanol–water partition coefficient (Wildman–Crippen LogP) is 4.11. The Kier molecular flexibility index (Phi) is 10.2. The molecule has 5 nitrogen and oxygen atoms in total. The quantitative estimate of drug-likeness (QED) is 0.326. The molecule has 1 unspecified atom stereocenters. The van der Waals surface area contributed by atoms with Crippen LogP contribution in [0.4, 0.5) is 0 Å². The van der Waals surface area contributed by atoms with E-state index < -0.39 is 19.4 Å². The minimum Gasteiger partial charge on any atom is -0.450 e. The van der Waals surface area contributed by atoms with Crippen LogP contribution in [0.1, 0.15) is 59.8 Å². The number of rotatable bonds is 11. The molecule has 0 spiro atoms. The van der Waals surface area contributed by atoms with Gasteiger partial charge >= 0.3 is 13.6 Å². The lowest BCUT2D eigenvalue weighted by Gasteiger charge is -2.25. The third kappa shape index (κ3) is 7.71. The molecule has 0 saturated carbocycles. The van der Waals surface area contributed by atoms with E-state index in [0.717, 1.165) is 25.7 Å². The molecule has 0 N–H and O–H groups in total. The van der Waals surface area contributed by atoms with Crippen molar-refractivity contribution in [2.45, 2.75) is 65.6 Å². The van der Waals surface area contributed by atoms with Gasteiger partial charge in [0.05, 0.1) is 13.2 Å². The van der Waals surface area contributed by atoms with Crippen LogP contribution in [0.25, 0.3) is 0 Å². The smallest absolute Gasteiger partial charge is 0.370 e. The maximum Gasteiger partial charge on any atom is 0.370 e. The Morgan fingerprint density at radius 3 is 2.05 bits per heavy atom. The molecule has 0 aliphatic carbocycles. The van der Waals surface area contributed by atoms with Crippen molar-refractivity contribution >= 4 is 13.6 Å². The van der Waals surface area contributed by atoms with E-state index in [1.165, 1.54) is 6.92 Å². The van der Waals surface area contributed by atoms with E-state index in [-0.39, 0.29) is 13.2 Å². The molecule has 6 heteroatoms. The van der Waals surface area contributed by atoms with Crippen molar-refractivity contribution in [1.29, 1.82) is 0 Å². The van der Waals surface area contributed by atoms with Crippen molar-refractivity contribution < 1.29 is 23.1 Å². The highest BCUT2D eigenvalue weighted by molar-refractivity contribution is 7.54. The van der Waals surface area contributed by atoms with Crippen LogP contribution in [-0.4, -0.2) is 25.0 Å². The zero-order chi connectivity index (χ0) is 14.7. The summed E-state index contributed by atoms with van der Waals surface area (Å²) < 4.78 is 28.2. The number of hydrogen-bond acceptors (Lipinski definition) is 5. The summed E-state index contributed by atoms with van der Waals surface area (Å²) in [6.45, 7) is 7.45. The van der Waals surface area contributed by atoms with Gasteiger partial charge < -0.3 is 13.8 Å². The SMILES string of the molecule is CCCCCCC(OC(C)=O)P(=O)(OCC)OCC. The number of carbonyl (C=O) groups excluding carboxylic acids is 1. The van der Waals surface area contributed by atoms with Crippen LogP contribution >= 0.6 is 7.60 Å². The summed E-state index contributed by atoms with van der Waals surface area (Å²) in [6.07, 6.45) is 4.60. The number of hydrogen-bond donors (Lipinski definition) is 0. The summed E-state index contributed by atoms with van der Waals surface area (Å²) in [7, 11) is -3.38. The van der Waals surface area contributed by atoms with Gasteiger partial charge in [-0.3, -0.25) is 9.36 Å². The Hall–Kier alpha value is -0.380. The molecule has 0 aromatic carbocycles. The Morgan fingerprint density at radius 1 is 1.05 bits per heavy atom. The zero-order valence-electron chi connectivity index (χ0n) is 12.5. The van der Waals surface area contributed by atoms with Crippen molar-refractivity contribution in [2.75, 3.05) is 13.2 Å². The Labute approximate surface area is 116 Å². The first-order valence-electron chi connectivity index (χ1n) is 7.06. The summed E-state index contributed by atoms with van der Waals surface area (Å²) in [5, 5.41) is 0. The summed E-state index contributed by atoms with van der Waals surface area (Å²) in [6, 6.07) is 0. The van der Waals surface area contributed by atoms with E-state index in [4.69, 9.17) is 13.8 Å². The molecule has 0 amide bonds. The molecular weight excluding hydrogens is 267 g/mol. The van der Waals surface area contributed by atoms with Gasteiger partial charge in [0, 0.05) is 6.92 Å². The second kappa shape index (κ2) is 10.4. The fourth-order valence-corrected chi connectivity index (χ4v) is 3.69. The third-order valence-electron chi connectivity index (χ3n) is 2.58. The van der Waals surface area contributed by atoms with Gasteiger partial charge in [-0.05, 0) is 26.7 Å². The largest absolute Gasteiger partial charge is 0.450 e. The third-order valence-corrected chi connectivity index (χ3v) is 4.88. The Balaban J connectivity index is 4.66. The van der Waals surface area contributed by atoms with E-state index in [1.807, 2.05) is 0 Å². The highest BCUT2D eigenvalue weighted by Crippen LogP contribution is 2.55. The van der Waals surface area contributed by atoms with Crippen LogP contribution in [0.2, 0.25) is 0 Å². The van der Waals surface area contributed by atoms with E-state index in [1.54, 1.807) is 13.8 Å². The van der Waals surface area contributed by atoms with Gasteiger partial charge in [-0.25, -0.2) is 0 Å². The first-order valence-corrected chi connectivity index (χ1v) is 8.67. The molecule has 0 aliphatic rings. The van der Waals surface area contributed by atoms with Gasteiger partial charge in [0.25, 0.3) is 0 Å². The molecule has 0 aromatic rings. The van der Waals surface area contributed by atoms with E-state index in [9.17, 15) is 9.36 Å². The molecule has 0 rings (SSSR count). The summed E-state index contributed by atoms with van der Waals surface area (Å²) >= 11 is 0.